The molecule has 0 saturated heterocycles. The van der Waals surface area contributed by atoms with Crippen molar-refractivity contribution >= 4 is 32.2 Å². The number of thiophene rings is 1. The molecule has 0 unspecified atom stereocenters. The van der Waals surface area contributed by atoms with Crippen LogP contribution in [-0.4, -0.2) is 7.11 Å². The molecule has 1 aromatic heterocycles. The van der Waals surface area contributed by atoms with Crippen LogP contribution >= 0.6 is 11.3 Å². The van der Waals surface area contributed by atoms with Gasteiger partial charge in [0.05, 0.1) is 12.0 Å². The number of hydrogen-bond acceptors (Lipinski definition) is 2. The topological polar surface area (TPSA) is 9.23 Å². The molecule has 0 aliphatic rings. The molecule has 21 heavy (non-hydrogen) atoms. The summed E-state index contributed by atoms with van der Waals surface area (Å²) in [6, 6.07) is 23.4. The number of rotatable bonds is 2. The van der Waals surface area contributed by atoms with Gasteiger partial charge in [0.25, 0.3) is 0 Å². The molecule has 1 heterocycles. The van der Waals surface area contributed by atoms with E-state index in [-0.39, 0.29) is 0 Å². The Hall–Kier alpha value is -2.32. The van der Waals surface area contributed by atoms with Gasteiger partial charge in [-0.2, -0.15) is 0 Å². The van der Waals surface area contributed by atoms with Gasteiger partial charge in [0.15, 0.2) is 0 Å². The minimum atomic E-state index is 0.978. The molecule has 3 aromatic carbocycles. The van der Waals surface area contributed by atoms with Crippen LogP contribution < -0.4 is 4.74 Å². The van der Waals surface area contributed by atoms with Gasteiger partial charge in [0.2, 0.25) is 0 Å². The van der Waals surface area contributed by atoms with Gasteiger partial charge in [-0.25, -0.2) is 0 Å². The lowest BCUT2D eigenvalue weighted by Crippen LogP contribution is -1.84. The van der Waals surface area contributed by atoms with Crippen molar-refractivity contribution in [1.82, 2.24) is 0 Å². The highest BCUT2D eigenvalue weighted by molar-refractivity contribution is 7.22. The summed E-state index contributed by atoms with van der Waals surface area (Å²) in [5.41, 5.74) is 1.21. The molecule has 102 valence electrons. The first-order valence-corrected chi connectivity index (χ1v) is 7.73. The second-order valence-corrected chi connectivity index (χ2v) is 6.07. The maximum Gasteiger partial charge on any atom is 0.145 e. The van der Waals surface area contributed by atoms with Gasteiger partial charge in [-0.15, -0.1) is 11.3 Å². The van der Waals surface area contributed by atoms with E-state index in [1.54, 1.807) is 18.4 Å². The summed E-state index contributed by atoms with van der Waals surface area (Å²) < 4.78 is 6.94. The van der Waals surface area contributed by atoms with Gasteiger partial charge in [-0.05, 0) is 34.5 Å². The van der Waals surface area contributed by atoms with Crippen LogP contribution in [0.1, 0.15) is 0 Å². The van der Waals surface area contributed by atoms with Crippen molar-refractivity contribution in [2.45, 2.75) is 0 Å². The Kier molecular flexibility index (Phi) is 2.90. The molecule has 0 radical (unpaired) electrons. The highest BCUT2D eigenvalue weighted by atomic mass is 32.1. The van der Waals surface area contributed by atoms with E-state index in [9.17, 15) is 0 Å². The highest BCUT2D eigenvalue weighted by Crippen LogP contribution is 2.44. The molecule has 0 saturated carbocycles. The van der Waals surface area contributed by atoms with Crippen molar-refractivity contribution < 1.29 is 4.74 Å². The zero-order valence-electron chi connectivity index (χ0n) is 11.7. The van der Waals surface area contributed by atoms with Crippen molar-refractivity contribution in [2.24, 2.45) is 0 Å². The second-order valence-electron chi connectivity index (χ2n) is 5.02. The van der Waals surface area contributed by atoms with Crippen LogP contribution in [0.2, 0.25) is 0 Å². The van der Waals surface area contributed by atoms with Crippen LogP contribution in [0.15, 0.2) is 66.7 Å². The number of ether oxygens (including phenoxy) is 1. The summed E-state index contributed by atoms with van der Waals surface area (Å²) in [5.74, 6) is 0.978. The zero-order valence-corrected chi connectivity index (χ0v) is 12.5. The van der Waals surface area contributed by atoms with E-state index in [2.05, 4.69) is 66.7 Å². The minimum Gasteiger partial charge on any atom is -0.495 e. The smallest absolute Gasteiger partial charge is 0.145 e. The average molecular weight is 290 g/mol. The molecule has 2 heteroatoms. The fourth-order valence-electron chi connectivity index (χ4n) is 2.75. The molecule has 1 nitrogen and oxygen atoms in total. The van der Waals surface area contributed by atoms with Crippen molar-refractivity contribution in [3.05, 3.63) is 66.7 Å². The number of methoxy groups -OCH3 is 1. The van der Waals surface area contributed by atoms with Crippen LogP contribution in [-0.2, 0) is 0 Å². The molecule has 0 N–H and O–H groups in total. The third-order valence-corrected chi connectivity index (χ3v) is 4.97. The molecule has 0 fully saturated rings. The largest absolute Gasteiger partial charge is 0.495 e. The van der Waals surface area contributed by atoms with Crippen molar-refractivity contribution in [3.8, 4) is 16.2 Å². The molecule has 4 rings (SSSR count). The van der Waals surface area contributed by atoms with E-state index in [1.807, 2.05) is 0 Å². The van der Waals surface area contributed by atoms with E-state index in [0.717, 1.165) is 5.75 Å². The lowest BCUT2D eigenvalue weighted by Gasteiger charge is -2.05. The lowest BCUT2D eigenvalue weighted by atomic mass is 10.1. The van der Waals surface area contributed by atoms with Crippen LogP contribution in [0, 0.1) is 0 Å². The van der Waals surface area contributed by atoms with Crippen LogP contribution in [0.25, 0.3) is 31.3 Å². The summed E-state index contributed by atoms with van der Waals surface area (Å²) in [6.07, 6.45) is 0. The Balaban J connectivity index is 1.99. The van der Waals surface area contributed by atoms with Crippen LogP contribution in [0.3, 0.4) is 0 Å². The maximum atomic E-state index is 5.68. The van der Waals surface area contributed by atoms with E-state index < -0.39 is 0 Å². The summed E-state index contributed by atoms with van der Waals surface area (Å²) in [6.45, 7) is 0. The predicted molar refractivity (Wildman–Crippen MR) is 91.3 cm³/mol. The molecule has 0 spiro atoms. The first kappa shape index (κ1) is 12.4. The van der Waals surface area contributed by atoms with Gasteiger partial charge in [-0.3, -0.25) is 0 Å². The third kappa shape index (κ3) is 1.99. The average Bonchev–Trinajstić information content (AvgIpc) is 2.93. The van der Waals surface area contributed by atoms with Gasteiger partial charge in [0.1, 0.15) is 5.75 Å². The van der Waals surface area contributed by atoms with Crippen molar-refractivity contribution in [1.29, 1.82) is 0 Å². The molecule has 4 aromatic rings. The molecule has 0 aliphatic heterocycles. The minimum absolute atomic E-state index is 0.978. The van der Waals surface area contributed by atoms with Crippen molar-refractivity contribution in [3.63, 3.8) is 0 Å². The predicted octanol–water partition coefficient (Wildman–Crippen LogP) is 5.73. The Morgan fingerprint density at radius 3 is 2.43 bits per heavy atom. The summed E-state index contributed by atoms with van der Waals surface area (Å²) >= 11 is 1.79. The maximum absolute atomic E-state index is 5.68. The van der Waals surface area contributed by atoms with Crippen LogP contribution in [0.4, 0.5) is 0 Å². The van der Waals surface area contributed by atoms with Gasteiger partial charge >= 0.3 is 0 Å². The van der Waals surface area contributed by atoms with Gasteiger partial charge in [0, 0.05) is 10.1 Å². The molecule has 0 aliphatic carbocycles. The summed E-state index contributed by atoms with van der Waals surface area (Å²) in [5, 5.41) is 3.71. The highest BCUT2D eigenvalue weighted by Gasteiger charge is 2.14. The molecular weight excluding hydrogens is 276 g/mol. The molecule has 0 atom stereocenters. The number of hydrogen-bond donors (Lipinski definition) is 0. The monoisotopic (exact) mass is 290 g/mol. The van der Waals surface area contributed by atoms with E-state index in [4.69, 9.17) is 4.74 Å². The standard InChI is InChI=1S/C19H14OS/c1-20-18-16-8-4-5-9-17(16)21-19(18)15-11-10-13-6-2-3-7-14(13)12-15/h2-12H,1H3. The number of fused-ring (bicyclic) bond motifs is 2. The van der Waals surface area contributed by atoms with Gasteiger partial charge in [-0.1, -0.05) is 48.5 Å². The van der Waals surface area contributed by atoms with E-state index >= 15 is 0 Å². The fourth-order valence-corrected chi connectivity index (χ4v) is 3.91. The first-order chi connectivity index (χ1) is 10.4. The lowest BCUT2D eigenvalue weighted by molar-refractivity contribution is 0.423. The summed E-state index contributed by atoms with van der Waals surface area (Å²) in [7, 11) is 1.75. The molecule has 0 bridgehead atoms. The van der Waals surface area contributed by atoms with Crippen LogP contribution in [0.5, 0.6) is 5.75 Å². The third-order valence-electron chi connectivity index (χ3n) is 3.77. The zero-order chi connectivity index (χ0) is 14.2. The SMILES string of the molecule is COc1c(-c2ccc3ccccc3c2)sc2ccccc12. The first-order valence-electron chi connectivity index (χ1n) is 6.91. The summed E-state index contributed by atoms with van der Waals surface area (Å²) in [4.78, 5) is 1.20. The Morgan fingerprint density at radius 1 is 0.810 bits per heavy atom. The Morgan fingerprint density at radius 2 is 1.57 bits per heavy atom. The normalized spacial score (nSPS) is 11.1. The van der Waals surface area contributed by atoms with E-state index in [1.165, 1.54) is 31.3 Å². The molecule has 0 amide bonds. The number of benzene rings is 3. The molecular formula is C19H14OS. The quantitative estimate of drug-likeness (QED) is 0.458. The van der Waals surface area contributed by atoms with Crippen molar-refractivity contribution in [2.75, 3.05) is 7.11 Å². The Bertz CT molecular complexity index is 937. The Labute approximate surface area is 127 Å². The van der Waals surface area contributed by atoms with Gasteiger partial charge < -0.3 is 4.74 Å². The fraction of sp³-hybridized carbons (Fsp3) is 0.0526. The second kappa shape index (κ2) is 4.90. The van der Waals surface area contributed by atoms with E-state index in [0.29, 0.717) is 0 Å².